The van der Waals surface area contributed by atoms with Gasteiger partial charge in [-0.3, -0.25) is 9.98 Å². The summed E-state index contributed by atoms with van der Waals surface area (Å²) in [5.74, 6) is 1.12. The van der Waals surface area contributed by atoms with Crippen molar-refractivity contribution in [2.45, 2.75) is 32.1 Å². The van der Waals surface area contributed by atoms with Gasteiger partial charge in [-0.2, -0.15) is 5.10 Å². The average molecular weight is 417 g/mol. The highest BCUT2D eigenvalue weighted by molar-refractivity contribution is 5.90. The molecule has 0 radical (unpaired) electrons. The van der Waals surface area contributed by atoms with E-state index in [4.69, 9.17) is 5.41 Å². The molecule has 0 bridgehead atoms. The molecule has 0 aliphatic carbocycles. The molecule has 8 nitrogen and oxygen atoms in total. The van der Waals surface area contributed by atoms with Crippen molar-refractivity contribution in [3.8, 4) is 0 Å². The Hall–Kier alpha value is -3.26. The molecule has 3 aromatic rings. The van der Waals surface area contributed by atoms with Crippen LogP contribution >= 0.6 is 0 Å². The van der Waals surface area contributed by atoms with Gasteiger partial charge in [-0.1, -0.05) is 0 Å². The smallest absolute Gasteiger partial charge is 0.154 e. The summed E-state index contributed by atoms with van der Waals surface area (Å²) in [6, 6.07) is 7.68. The van der Waals surface area contributed by atoms with Gasteiger partial charge < -0.3 is 15.6 Å². The van der Waals surface area contributed by atoms with Gasteiger partial charge in [0.2, 0.25) is 0 Å². The summed E-state index contributed by atoms with van der Waals surface area (Å²) in [7, 11) is 0. The predicted octanol–water partition coefficient (Wildman–Crippen LogP) is 3.76. The summed E-state index contributed by atoms with van der Waals surface area (Å²) in [6.07, 6.45) is 10.4. The standard InChI is InChI=1S/C23H28N8/c1-17-11-23(30-27-14-17)29-22-6-5-20-21(28-22)12-18(16-26-20)19(13-24)15-25-7-4-10-31-8-2-3-9-31/h5-6,11-16,19,24H,2-4,7-10H2,1H3,(H,28,29,30). The molecule has 0 spiro atoms. The zero-order valence-electron chi connectivity index (χ0n) is 17.8. The summed E-state index contributed by atoms with van der Waals surface area (Å²) in [5.41, 5.74) is 3.50. The number of aromatic nitrogens is 4. The molecule has 1 atom stereocenters. The van der Waals surface area contributed by atoms with Gasteiger partial charge in [0.25, 0.3) is 0 Å². The van der Waals surface area contributed by atoms with Crippen molar-refractivity contribution >= 4 is 35.1 Å². The Bertz CT molecular complexity index is 1060. The van der Waals surface area contributed by atoms with E-state index in [1.165, 1.54) is 32.1 Å². The molecule has 0 aromatic carbocycles. The normalized spacial score (nSPS) is 15.5. The molecule has 1 aliphatic rings. The Morgan fingerprint density at radius 3 is 2.84 bits per heavy atom. The van der Waals surface area contributed by atoms with Crippen molar-refractivity contribution in [3.63, 3.8) is 0 Å². The van der Waals surface area contributed by atoms with E-state index >= 15 is 0 Å². The highest BCUT2D eigenvalue weighted by atomic mass is 15.2. The summed E-state index contributed by atoms with van der Waals surface area (Å²) < 4.78 is 0. The van der Waals surface area contributed by atoms with Crippen molar-refractivity contribution in [3.05, 3.63) is 47.8 Å². The summed E-state index contributed by atoms with van der Waals surface area (Å²) >= 11 is 0. The molecule has 31 heavy (non-hydrogen) atoms. The number of nitrogens with one attached hydrogen (secondary N) is 2. The van der Waals surface area contributed by atoms with Gasteiger partial charge in [0, 0.05) is 25.2 Å². The fourth-order valence-electron chi connectivity index (χ4n) is 3.74. The van der Waals surface area contributed by atoms with E-state index in [2.05, 4.69) is 35.4 Å². The van der Waals surface area contributed by atoms with Crippen LogP contribution < -0.4 is 5.32 Å². The first-order chi connectivity index (χ1) is 15.2. The minimum absolute atomic E-state index is 0.204. The number of anilines is 2. The van der Waals surface area contributed by atoms with Crippen LogP contribution in [0.3, 0.4) is 0 Å². The van der Waals surface area contributed by atoms with Crippen LogP contribution in [0.1, 0.15) is 36.3 Å². The second-order valence-corrected chi connectivity index (χ2v) is 7.90. The third-order valence-corrected chi connectivity index (χ3v) is 5.40. The van der Waals surface area contributed by atoms with Crippen LogP contribution in [-0.4, -0.2) is 63.7 Å². The molecule has 1 saturated heterocycles. The molecule has 0 saturated carbocycles. The highest BCUT2D eigenvalue weighted by Gasteiger charge is 2.11. The van der Waals surface area contributed by atoms with E-state index in [1.807, 2.05) is 37.4 Å². The van der Waals surface area contributed by atoms with Crippen molar-refractivity contribution in [2.75, 3.05) is 31.5 Å². The van der Waals surface area contributed by atoms with E-state index in [1.54, 1.807) is 12.4 Å². The van der Waals surface area contributed by atoms with Crippen LogP contribution in [-0.2, 0) is 0 Å². The minimum Gasteiger partial charge on any atom is -0.323 e. The Labute approximate surface area is 182 Å². The Kier molecular flexibility index (Phi) is 6.89. The Morgan fingerprint density at radius 2 is 2.03 bits per heavy atom. The largest absolute Gasteiger partial charge is 0.323 e. The lowest BCUT2D eigenvalue weighted by Crippen LogP contribution is -2.20. The van der Waals surface area contributed by atoms with Gasteiger partial charge >= 0.3 is 0 Å². The molecule has 3 aromatic heterocycles. The Morgan fingerprint density at radius 1 is 1.16 bits per heavy atom. The first-order valence-corrected chi connectivity index (χ1v) is 10.8. The van der Waals surface area contributed by atoms with E-state index < -0.39 is 0 Å². The van der Waals surface area contributed by atoms with Gasteiger partial charge in [-0.05, 0) is 81.2 Å². The molecule has 4 rings (SSSR count). The number of fused-ring (bicyclic) bond motifs is 1. The fraction of sp³-hybridized carbons (Fsp3) is 0.391. The molecule has 0 amide bonds. The average Bonchev–Trinajstić information content (AvgIpc) is 3.29. The van der Waals surface area contributed by atoms with Crippen LogP contribution in [0.25, 0.3) is 11.0 Å². The van der Waals surface area contributed by atoms with Gasteiger partial charge in [0.1, 0.15) is 5.82 Å². The maximum atomic E-state index is 7.83. The number of rotatable bonds is 9. The number of aryl methyl sites for hydroxylation is 1. The fourth-order valence-corrected chi connectivity index (χ4v) is 3.74. The molecule has 160 valence electrons. The van der Waals surface area contributed by atoms with E-state index in [9.17, 15) is 0 Å². The molecule has 1 aliphatic heterocycles. The quantitative estimate of drug-likeness (QED) is 0.407. The van der Waals surface area contributed by atoms with Crippen LogP contribution in [0.5, 0.6) is 0 Å². The summed E-state index contributed by atoms with van der Waals surface area (Å²) in [5, 5.41) is 19.1. The third kappa shape index (κ3) is 5.67. The molecule has 8 heteroatoms. The van der Waals surface area contributed by atoms with Crippen molar-refractivity contribution < 1.29 is 0 Å². The third-order valence-electron chi connectivity index (χ3n) is 5.40. The molecular weight excluding hydrogens is 388 g/mol. The van der Waals surface area contributed by atoms with Crippen LogP contribution in [0.2, 0.25) is 0 Å². The van der Waals surface area contributed by atoms with Gasteiger partial charge in [0.05, 0.1) is 23.1 Å². The van der Waals surface area contributed by atoms with E-state index in [0.29, 0.717) is 11.6 Å². The zero-order valence-corrected chi connectivity index (χ0v) is 17.8. The minimum atomic E-state index is -0.204. The summed E-state index contributed by atoms with van der Waals surface area (Å²) in [4.78, 5) is 16.2. The molecule has 1 fully saturated rings. The van der Waals surface area contributed by atoms with Crippen molar-refractivity contribution in [1.29, 1.82) is 5.41 Å². The molecule has 2 N–H and O–H groups in total. The second-order valence-electron chi connectivity index (χ2n) is 7.90. The first-order valence-electron chi connectivity index (χ1n) is 10.8. The van der Waals surface area contributed by atoms with Crippen molar-refractivity contribution in [2.24, 2.45) is 4.99 Å². The van der Waals surface area contributed by atoms with Gasteiger partial charge in [-0.15, -0.1) is 5.10 Å². The number of likely N-dealkylation sites (tertiary alicyclic amines) is 1. The zero-order chi connectivity index (χ0) is 21.5. The van der Waals surface area contributed by atoms with Gasteiger partial charge in [0.15, 0.2) is 5.82 Å². The molecule has 4 heterocycles. The first kappa shape index (κ1) is 21.0. The maximum absolute atomic E-state index is 7.83. The van der Waals surface area contributed by atoms with E-state index in [0.717, 1.165) is 41.7 Å². The number of nitrogens with zero attached hydrogens (tertiary/aromatic N) is 6. The van der Waals surface area contributed by atoms with Gasteiger partial charge in [-0.25, -0.2) is 4.98 Å². The molecule has 1 unspecified atom stereocenters. The number of aliphatic imine (C=N–C) groups is 1. The maximum Gasteiger partial charge on any atom is 0.154 e. The van der Waals surface area contributed by atoms with Crippen LogP contribution in [0.4, 0.5) is 11.6 Å². The van der Waals surface area contributed by atoms with Crippen LogP contribution in [0, 0.1) is 12.3 Å². The highest BCUT2D eigenvalue weighted by Crippen LogP contribution is 2.20. The van der Waals surface area contributed by atoms with E-state index in [-0.39, 0.29) is 5.92 Å². The lowest BCUT2D eigenvalue weighted by Gasteiger charge is -2.13. The second kappa shape index (κ2) is 10.2. The monoisotopic (exact) mass is 416 g/mol. The summed E-state index contributed by atoms with van der Waals surface area (Å²) in [6.45, 7) is 6.29. The lowest BCUT2D eigenvalue weighted by molar-refractivity contribution is 0.336. The lowest BCUT2D eigenvalue weighted by atomic mass is 10.0. The number of hydrogen-bond donors (Lipinski definition) is 2. The predicted molar refractivity (Wildman–Crippen MR) is 125 cm³/mol. The SMILES string of the molecule is Cc1cnnc(Nc2ccc3ncc(C(C=N)C=NCCCN4CCCC4)cc3n2)c1. The van der Waals surface area contributed by atoms with Crippen LogP contribution in [0.15, 0.2) is 41.7 Å². The number of pyridine rings is 2. The Balaban J connectivity index is 1.43. The van der Waals surface area contributed by atoms with Crippen molar-refractivity contribution in [1.82, 2.24) is 25.1 Å². The number of hydrogen-bond acceptors (Lipinski definition) is 8. The topological polar surface area (TPSA) is 103 Å². The molecular formula is C23H28N8.